The summed E-state index contributed by atoms with van der Waals surface area (Å²) in [6, 6.07) is 13.5. The Labute approximate surface area is 137 Å². The predicted octanol–water partition coefficient (Wildman–Crippen LogP) is 4.81. The number of carbonyl (C=O) groups excluding carboxylic acids is 1. The van der Waals surface area contributed by atoms with Crippen LogP contribution in [0.2, 0.25) is 5.02 Å². The van der Waals surface area contributed by atoms with Crippen molar-refractivity contribution in [3.8, 4) is 0 Å². The topological polar surface area (TPSA) is 20.3 Å². The number of carbonyl (C=O) groups is 1. The molecular formula is C16H14ClNOS2. The van der Waals surface area contributed by atoms with Crippen LogP contribution in [-0.4, -0.2) is 24.5 Å². The zero-order valence-corrected chi connectivity index (χ0v) is 13.9. The zero-order valence-electron chi connectivity index (χ0n) is 11.5. The number of nitrogens with zero attached hydrogens (tertiary/aromatic N) is 1. The quantitative estimate of drug-likeness (QED) is 0.734. The summed E-state index contributed by atoms with van der Waals surface area (Å²) >= 11 is 9.52. The Balaban J connectivity index is 1.93. The van der Waals surface area contributed by atoms with Gasteiger partial charge in [0.05, 0.1) is 5.69 Å². The number of anilines is 1. The van der Waals surface area contributed by atoms with Crippen LogP contribution in [-0.2, 0) is 0 Å². The van der Waals surface area contributed by atoms with E-state index in [9.17, 15) is 4.79 Å². The van der Waals surface area contributed by atoms with E-state index < -0.39 is 0 Å². The molecule has 5 heteroatoms. The maximum Gasteiger partial charge on any atom is 0.258 e. The van der Waals surface area contributed by atoms with Crippen LogP contribution in [0.25, 0.3) is 0 Å². The van der Waals surface area contributed by atoms with Gasteiger partial charge in [-0.3, -0.25) is 4.79 Å². The maximum atomic E-state index is 12.7. The number of fused-ring (bicyclic) bond motifs is 1. The van der Waals surface area contributed by atoms with Crippen LogP contribution in [0.5, 0.6) is 0 Å². The predicted molar refractivity (Wildman–Crippen MR) is 92.1 cm³/mol. The Morgan fingerprint density at radius 3 is 2.71 bits per heavy atom. The molecule has 2 aromatic rings. The lowest BCUT2D eigenvalue weighted by molar-refractivity contribution is 0.0987. The molecule has 3 rings (SSSR count). The first kappa shape index (κ1) is 14.8. The number of hydrogen-bond donors (Lipinski definition) is 0. The van der Waals surface area contributed by atoms with Crippen molar-refractivity contribution in [3.05, 3.63) is 53.1 Å². The monoisotopic (exact) mass is 335 g/mol. The van der Waals surface area contributed by atoms with E-state index in [0.29, 0.717) is 17.1 Å². The van der Waals surface area contributed by atoms with Crippen LogP contribution >= 0.6 is 35.1 Å². The van der Waals surface area contributed by atoms with Crippen molar-refractivity contribution in [1.29, 1.82) is 0 Å². The third-order valence-corrected chi connectivity index (χ3v) is 5.39. The van der Waals surface area contributed by atoms with Crippen molar-refractivity contribution in [2.75, 3.05) is 23.5 Å². The molecule has 0 spiro atoms. The van der Waals surface area contributed by atoms with Gasteiger partial charge in [-0.25, -0.2) is 0 Å². The highest BCUT2D eigenvalue weighted by Gasteiger charge is 2.24. The van der Waals surface area contributed by atoms with E-state index in [-0.39, 0.29) is 5.91 Å². The minimum atomic E-state index is 0.0338. The summed E-state index contributed by atoms with van der Waals surface area (Å²) in [5, 5.41) is 0.659. The number of hydrogen-bond acceptors (Lipinski definition) is 3. The second-order valence-electron chi connectivity index (χ2n) is 4.65. The lowest BCUT2D eigenvalue weighted by Gasteiger charge is -2.29. The van der Waals surface area contributed by atoms with Crippen molar-refractivity contribution in [1.82, 2.24) is 0 Å². The Morgan fingerprint density at radius 2 is 2.00 bits per heavy atom. The van der Waals surface area contributed by atoms with Gasteiger partial charge < -0.3 is 4.90 Å². The Morgan fingerprint density at radius 1 is 1.24 bits per heavy atom. The van der Waals surface area contributed by atoms with Gasteiger partial charge in [-0.15, -0.1) is 23.5 Å². The molecule has 1 amide bonds. The highest BCUT2D eigenvalue weighted by Crippen LogP contribution is 2.37. The second kappa shape index (κ2) is 6.34. The molecule has 108 valence electrons. The number of amides is 1. The van der Waals surface area contributed by atoms with Crippen LogP contribution < -0.4 is 4.90 Å². The molecule has 1 aliphatic heterocycles. The molecule has 0 atom stereocenters. The normalized spacial score (nSPS) is 13.9. The summed E-state index contributed by atoms with van der Waals surface area (Å²) in [5.41, 5.74) is 1.63. The third-order valence-electron chi connectivity index (χ3n) is 3.37. The number of thioether (sulfide) groups is 2. The van der Waals surface area contributed by atoms with Crippen molar-refractivity contribution >= 4 is 46.7 Å². The first-order valence-corrected chi connectivity index (χ1v) is 9.16. The van der Waals surface area contributed by atoms with Crippen LogP contribution in [0, 0.1) is 0 Å². The van der Waals surface area contributed by atoms with Gasteiger partial charge in [0.2, 0.25) is 0 Å². The molecule has 0 bridgehead atoms. The molecule has 0 N–H and O–H groups in total. The molecule has 0 aromatic heterocycles. The van der Waals surface area contributed by atoms with Gasteiger partial charge in [0, 0.05) is 32.7 Å². The van der Waals surface area contributed by atoms with Gasteiger partial charge in [0.25, 0.3) is 5.91 Å². The second-order valence-corrected chi connectivity index (χ2v) is 7.10. The lowest BCUT2D eigenvalue weighted by Crippen LogP contribution is -2.35. The first-order chi connectivity index (χ1) is 10.2. The van der Waals surface area contributed by atoms with Gasteiger partial charge >= 0.3 is 0 Å². The highest BCUT2D eigenvalue weighted by molar-refractivity contribution is 7.99. The van der Waals surface area contributed by atoms with Crippen molar-refractivity contribution in [2.24, 2.45) is 0 Å². The smallest absolute Gasteiger partial charge is 0.258 e. The molecule has 0 radical (unpaired) electrons. The molecule has 2 nitrogen and oxygen atoms in total. The minimum absolute atomic E-state index is 0.0338. The Bertz CT molecular complexity index is 672. The van der Waals surface area contributed by atoms with Crippen LogP contribution in [0.1, 0.15) is 10.4 Å². The van der Waals surface area contributed by atoms with Gasteiger partial charge in [-0.1, -0.05) is 11.6 Å². The lowest BCUT2D eigenvalue weighted by atomic mass is 10.1. The molecule has 1 heterocycles. The van der Waals surface area contributed by atoms with Gasteiger partial charge in [-0.05, 0) is 48.7 Å². The summed E-state index contributed by atoms with van der Waals surface area (Å²) in [6.45, 7) is 0.709. The molecule has 1 aliphatic rings. The Kier molecular flexibility index (Phi) is 4.48. The molecule has 0 unspecified atom stereocenters. The standard InChI is InChI=1S/C16H14ClNOS2/c1-20-13-5-2-11(3-6-13)16(19)18-8-9-21-15-7-4-12(17)10-14(15)18/h2-7,10H,8-9H2,1H3. The number of rotatable bonds is 2. The molecule has 0 aliphatic carbocycles. The molecule has 21 heavy (non-hydrogen) atoms. The third kappa shape index (κ3) is 3.07. The van der Waals surface area contributed by atoms with Crippen LogP contribution in [0.3, 0.4) is 0 Å². The number of halogens is 1. The fourth-order valence-corrected chi connectivity index (χ4v) is 3.84. The molecule has 0 saturated carbocycles. The molecule has 0 saturated heterocycles. The van der Waals surface area contributed by atoms with Gasteiger partial charge in [0.1, 0.15) is 0 Å². The van der Waals surface area contributed by atoms with E-state index in [0.717, 1.165) is 21.2 Å². The Hall–Kier alpha value is -1.10. The molecular weight excluding hydrogens is 322 g/mol. The number of benzene rings is 2. The van der Waals surface area contributed by atoms with Gasteiger partial charge in [0.15, 0.2) is 0 Å². The maximum absolute atomic E-state index is 12.7. The van der Waals surface area contributed by atoms with Crippen molar-refractivity contribution in [3.63, 3.8) is 0 Å². The van der Waals surface area contributed by atoms with Crippen LogP contribution in [0.4, 0.5) is 5.69 Å². The zero-order chi connectivity index (χ0) is 14.8. The summed E-state index contributed by atoms with van der Waals surface area (Å²) in [7, 11) is 0. The van der Waals surface area contributed by atoms with Crippen LogP contribution in [0.15, 0.2) is 52.3 Å². The first-order valence-electron chi connectivity index (χ1n) is 6.57. The summed E-state index contributed by atoms with van der Waals surface area (Å²) < 4.78 is 0. The average Bonchev–Trinajstić information content (AvgIpc) is 2.53. The molecule has 0 fully saturated rings. The van der Waals surface area contributed by atoms with Crippen molar-refractivity contribution in [2.45, 2.75) is 9.79 Å². The van der Waals surface area contributed by atoms with E-state index in [4.69, 9.17) is 11.6 Å². The van der Waals surface area contributed by atoms with Gasteiger partial charge in [-0.2, -0.15) is 0 Å². The van der Waals surface area contributed by atoms with E-state index in [1.807, 2.05) is 53.6 Å². The van der Waals surface area contributed by atoms with E-state index >= 15 is 0 Å². The van der Waals surface area contributed by atoms with Crippen molar-refractivity contribution < 1.29 is 4.79 Å². The molecule has 2 aromatic carbocycles. The average molecular weight is 336 g/mol. The van der Waals surface area contributed by atoms with E-state index in [1.165, 1.54) is 0 Å². The summed E-state index contributed by atoms with van der Waals surface area (Å²) in [6.07, 6.45) is 2.02. The summed E-state index contributed by atoms with van der Waals surface area (Å²) in [5.74, 6) is 0.940. The fraction of sp³-hybridized carbons (Fsp3) is 0.188. The minimum Gasteiger partial charge on any atom is -0.306 e. The SMILES string of the molecule is CSc1ccc(C(=O)N2CCSc3ccc(Cl)cc32)cc1. The fourth-order valence-electron chi connectivity index (χ4n) is 2.29. The largest absolute Gasteiger partial charge is 0.306 e. The summed E-state index contributed by atoms with van der Waals surface area (Å²) in [4.78, 5) is 16.8. The van der Waals surface area contributed by atoms with E-state index in [2.05, 4.69) is 0 Å². The van der Waals surface area contributed by atoms with E-state index in [1.54, 1.807) is 23.5 Å². The highest BCUT2D eigenvalue weighted by atomic mass is 35.5.